The average Bonchev–Trinajstić information content (AvgIpc) is 2.57. The number of carbonyl (C=O) groups excluding carboxylic acids is 1. The first-order valence-corrected chi connectivity index (χ1v) is 6.02. The number of ether oxygens (including phenoxy) is 1. The number of aliphatic imine (C=N–C) groups is 1. The van der Waals surface area contributed by atoms with Gasteiger partial charge < -0.3 is 10.1 Å². The summed E-state index contributed by atoms with van der Waals surface area (Å²) in [5.74, 6) is 0.127. The minimum Gasteiger partial charge on any atom is -0.381 e. The van der Waals surface area contributed by atoms with E-state index < -0.39 is 0 Å². The fourth-order valence-corrected chi connectivity index (χ4v) is 3.38. The molecule has 0 atom stereocenters. The summed E-state index contributed by atoms with van der Waals surface area (Å²) in [6.07, 6.45) is 4.04. The highest BCUT2D eigenvalue weighted by Crippen LogP contribution is 2.44. The third-order valence-electron chi connectivity index (χ3n) is 3.20. The highest BCUT2D eigenvalue weighted by atomic mass is 32.2. The van der Waals surface area contributed by atoms with Gasteiger partial charge in [-0.15, -0.1) is 0 Å². The molecular formula is C10H16N2O2S. The number of thioether (sulfide) groups is 1. The molecule has 1 aliphatic heterocycles. The van der Waals surface area contributed by atoms with Gasteiger partial charge in [0.25, 0.3) is 0 Å². The van der Waals surface area contributed by atoms with Crippen LogP contribution in [-0.4, -0.2) is 36.1 Å². The van der Waals surface area contributed by atoms with Crippen LogP contribution in [0.4, 0.5) is 0 Å². The quantitative estimate of drug-likeness (QED) is 0.733. The maximum absolute atomic E-state index is 11.9. The van der Waals surface area contributed by atoms with E-state index in [0.717, 1.165) is 30.9 Å². The summed E-state index contributed by atoms with van der Waals surface area (Å²) in [5.41, 5.74) is 0. The molecule has 0 aromatic heterocycles. The van der Waals surface area contributed by atoms with Gasteiger partial charge in [0, 0.05) is 14.2 Å². The Morgan fingerprint density at radius 3 is 2.67 bits per heavy atom. The number of nitrogens with zero attached hydrogens (tertiary/aromatic N) is 1. The summed E-state index contributed by atoms with van der Waals surface area (Å²) in [6.45, 7) is 0. The van der Waals surface area contributed by atoms with Crippen molar-refractivity contribution in [1.29, 1.82) is 0 Å². The SMILES string of the molecule is CN=C1NC(=O)C2(CCC(OC)CC2)S1. The molecule has 1 N–H and O–H groups in total. The first kappa shape index (κ1) is 11.0. The van der Waals surface area contributed by atoms with Gasteiger partial charge in [0.1, 0.15) is 4.75 Å². The van der Waals surface area contributed by atoms with Crippen LogP contribution in [0, 0.1) is 0 Å². The van der Waals surface area contributed by atoms with Crippen molar-refractivity contribution in [2.24, 2.45) is 4.99 Å². The third kappa shape index (κ3) is 1.90. The Bertz CT molecular complexity index is 296. The summed E-state index contributed by atoms with van der Waals surface area (Å²) < 4.78 is 5.05. The number of rotatable bonds is 1. The molecule has 2 rings (SSSR count). The molecule has 0 radical (unpaired) electrons. The van der Waals surface area contributed by atoms with E-state index in [-0.39, 0.29) is 10.7 Å². The van der Waals surface area contributed by atoms with Gasteiger partial charge in [0.15, 0.2) is 5.17 Å². The van der Waals surface area contributed by atoms with Crippen molar-refractivity contribution in [1.82, 2.24) is 5.32 Å². The van der Waals surface area contributed by atoms with Crippen molar-refractivity contribution in [2.45, 2.75) is 36.5 Å². The Hall–Kier alpha value is -0.550. The highest BCUT2D eigenvalue weighted by Gasteiger charge is 2.48. The van der Waals surface area contributed by atoms with Gasteiger partial charge in [0.05, 0.1) is 6.10 Å². The number of amidine groups is 1. The van der Waals surface area contributed by atoms with Crippen LogP contribution in [-0.2, 0) is 9.53 Å². The summed E-state index contributed by atoms with van der Waals surface area (Å²) in [6, 6.07) is 0. The summed E-state index contributed by atoms with van der Waals surface area (Å²) in [5, 5.41) is 3.59. The zero-order valence-electron chi connectivity index (χ0n) is 9.08. The van der Waals surface area contributed by atoms with Gasteiger partial charge in [-0.25, -0.2) is 0 Å². The number of carbonyl (C=O) groups is 1. The molecule has 0 unspecified atom stereocenters. The van der Waals surface area contributed by atoms with Crippen LogP contribution in [0.2, 0.25) is 0 Å². The van der Waals surface area contributed by atoms with Gasteiger partial charge >= 0.3 is 0 Å². The Morgan fingerprint density at radius 1 is 1.53 bits per heavy atom. The largest absolute Gasteiger partial charge is 0.381 e. The number of nitrogens with one attached hydrogen (secondary N) is 1. The molecule has 1 saturated carbocycles. The maximum Gasteiger partial charge on any atom is 0.242 e. The Labute approximate surface area is 93.9 Å². The molecule has 1 saturated heterocycles. The Kier molecular flexibility index (Phi) is 3.02. The van der Waals surface area contributed by atoms with Gasteiger partial charge in [0.2, 0.25) is 5.91 Å². The van der Waals surface area contributed by atoms with E-state index in [9.17, 15) is 4.79 Å². The zero-order chi connectivity index (χ0) is 10.9. The molecule has 1 amide bonds. The monoisotopic (exact) mass is 228 g/mol. The lowest BCUT2D eigenvalue weighted by molar-refractivity contribution is -0.123. The molecule has 0 aromatic carbocycles. The smallest absolute Gasteiger partial charge is 0.242 e. The van der Waals surface area contributed by atoms with E-state index >= 15 is 0 Å². The van der Waals surface area contributed by atoms with Crippen LogP contribution in [0.1, 0.15) is 25.7 Å². The van der Waals surface area contributed by atoms with Crippen LogP contribution in [0.25, 0.3) is 0 Å². The Morgan fingerprint density at radius 2 is 2.20 bits per heavy atom. The molecule has 1 heterocycles. The highest BCUT2D eigenvalue weighted by molar-refractivity contribution is 8.16. The molecule has 2 fully saturated rings. The second kappa shape index (κ2) is 4.14. The first-order chi connectivity index (χ1) is 7.20. The molecule has 2 aliphatic rings. The zero-order valence-corrected chi connectivity index (χ0v) is 9.89. The van der Waals surface area contributed by atoms with Crippen molar-refractivity contribution in [3.05, 3.63) is 0 Å². The summed E-state index contributed by atoms with van der Waals surface area (Å²) in [4.78, 5) is 15.9. The summed E-state index contributed by atoms with van der Waals surface area (Å²) >= 11 is 1.59. The molecular weight excluding hydrogens is 212 g/mol. The standard InChI is InChI=1S/C10H16N2O2S/c1-11-9-12-8(13)10(15-9)5-3-7(14-2)4-6-10/h7H,3-6H2,1-2H3,(H,11,12,13). The molecule has 0 aromatic rings. The van der Waals surface area contributed by atoms with E-state index in [0.29, 0.717) is 6.10 Å². The summed E-state index contributed by atoms with van der Waals surface area (Å²) in [7, 11) is 3.45. The predicted octanol–water partition coefficient (Wildman–Crippen LogP) is 1.16. The third-order valence-corrected chi connectivity index (χ3v) is 4.67. The predicted molar refractivity (Wildman–Crippen MR) is 61.1 cm³/mol. The normalized spacial score (nSPS) is 38.7. The Balaban J connectivity index is 2.07. The second-order valence-corrected chi connectivity index (χ2v) is 5.39. The molecule has 0 bridgehead atoms. The van der Waals surface area contributed by atoms with Gasteiger partial charge in [-0.2, -0.15) is 0 Å². The van der Waals surface area contributed by atoms with Crippen molar-refractivity contribution in [3.8, 4) is 0 Å². The van der Waals surface area contributed by atoms with Crippen molar-refractivity contribution in [3.63, 3.8) is 0 Å². The molecule has 4 nitrogen and oxygen atoms in total. The molecule has 1 aliphatic carbocycles. The molecule has 5 heteroatoms. The maximum atomic E-state index is 11.9. The lowest BCUT2D eigenvalue weighted by atomic mass is 9.86. The van der Waals surface area contributed by atoms with Crippen LogP contribution < -0.4 is 5.32 Å². The average molecular weight is 228 g/mol. The van der Waals surface area contributed by atoms with Crippen molar-refractivity contribution < 1.29 is 9.53 Å². The first-order valence-electron chi connectivity index (χ1n) is 5.20. The molecule has 84 valence electrons. The fraction of sp³-hybridized carbons (Fsp3) is 0.800. The molecule has 15 heavy (non-hydrogen) atoms. The van der Waals surface area contributed by atoms with E-state index in [1.807, 2.05) is 0 Å². The van der Waals surface area contributed by atoms with Crippen molar-refractivity contribution in [2.75, 3.05) is 14.2 Å². The number of hydrogen-bond donors (Lipinski definition) is 1. The minimum absolute atomic E-state index is 0.127. The van der Waals surface area contributed by atoms with Gasteiger partial charge in [-0.05, 0) is 25.7 Å². The fourth-order valence-electron chi connectivity index (χ4n) is 2.19. The second-order valence-electron chi connectivity index (χ2n) is 4.01. The van der Waals surface area contributed by atoms with Crippen LogP contribution >= 0.6 is 11.8 Å². The minimum atomic E-state index is -0.260. The van der Waals surface area contributed by atoms with Gasteiger partial charge in [-0.3, -0.25) is 9.79 Å². The molecule has 1 spiro atoms. The lowest BCUT2D eigenvalue weighted by Crippen LogP contribution is -2.41. The van der Waals surface area contributed by atoms with Crippen LogP contribution in [0.5, 0.6) is 0 Å². The topological polar surface area (TPSA) is 50.7 Å². The van der Waals surface area contributed by atoms with Crippen molar-refractivity contribution >= 4 is 22.8 Å². The van der Waals surface area contributed by atoms with E-state index in [1.165, 1.54) is 0 Å². The van der Waals surface area contributed by atoms with Crippen LogP contribution in [0.15, 0.2) is 4.99 Å². The van der Waals surface area contributed by atoms with Gasteiger partial charge in [-0.1, -0.05) is 11.8 Å². The van der Waals surface area contributed by atoms with E-state index in [2.05, 4.69) is 10.3 Å². The number of amides is 1. The number of methoxy groups -OCH3 is 1. The van der Waals surface area contributed by atoms with E-state index in [1.54, 1.807) is 25.9 Å². The van der Waals surface area contributed by atoms with E-state index in [4.69, 9.17) is 4.74 Å². The number of hydrogen-bond acceptors (Lipinski definition) is 4. The van der Waals surface area contributed by atoms with Crippen LogP contribution in [0.3, 0.4) is 0 Å². The lowest BCUT2D eigenvalue weighted by Gasteiger charge is -2.32.